The highest BCUT2D eigenvalue weighted by Gasteiger charge is 2.16. The van der Waals surface area contributed by atoms with Crippen molar-refractivity contribution < 1.29 is 38.0 Å². The fourth-order valence-electron chi connectivity index (χ4n) is 2.37. The Morgan fingerprint density at radius 3 is 1.76 bits per heavy atom. The molecule has 194 valence electrons. The van der Waals surface area contributed by atoms with Crippen molar-refractivity contribution in [2.45, 2.75) is 32.8 Å². The maximum absolute atomic E-state index is 12.6. The summed E-state index contributed by atoms with van der Waals surface area (Å²) in [5, 5.41) is 2.60. The van der Waals surface area contributed by atoms with Crippen LogP contribution in [0.1, 0.15) is 27.2 Å². The first-order valence-electron chi connectivity index (χ1n) is 11.3. The molecule has 0 aliphatic heterocycles. The van der Waals surface area contributed by atoms with Gasteiger partial charge in [0.25, 0.3) is 0 Å². The molecule has 0 fully saturated rings. The van der Waals surface area contributed by atoms with Crippen molar-refractivity contribution in [1.29, 1.82) is 0 Å². The Balaban J connectivity index is 4.18. The van der Waals surface area contributed by atoms with Crippen LogP contribution in [0.5, 0.6) is 0 Å². The number of alkyl carbamates (subject to hydrolysis) is 1. The number of nitrogens with zero attached hydrogens (tertiary/aromatic N) is 1. The summed E-state index contributed by atoms with van der Waals surface area (Å²) in [6.45, 7) is 9.73. The Morgan fingerprint density at radius 1 is 0.765 bits per heavy atom. The van der Waals surface area contributed by atoms with Gasteiger partial charge >= 0.3 is 6.09 Å². The van der Waals surface area contributed by atoms with Crippen molar-refractivity contribution in [2.24, 2.45) is 0 Å². The average molecular weight is 485 g/mol. The summed E-state index contributed by atoms with van der Waals surface area (Å²) >= 11 is 0. The molecule has 0 aliphatic rings. The van der Waals surface area contributed by atoms with Crippen molar-refractivity contribution in [3.8, 4) is 24.7 Å². The van der Waals surface area contributed by atoms with Crippen molar-refractivity contribution in [3.63, 3.8) is 0 Å². The molecule has 0 heterocycles. The average Bonchev–Trinajstić information content (AvgIpc) is 2.77. The van der Waals surface area contributed by atoms with Gasteiger partial charge in [-0.05, 0) is 20.8 Å². The van der Waals surface area contributed by atoms with Crippen LogP contribution in [-0.4, -0.2) is 108 Å². The lowest BCUT2D eigenvalue weighted by molar-refractivity contribution is -0.134. The Hall–Kier alpha value is -2.34. The number of hydrogen-bond acceptors (Lipinski definition) is 8. The van der Waals surface area contributed by atoms with Crippen molar-refractivity contribution in [3.05, 3.63) is 0 Å². The van der Waals surface area contributed by atoms with Gasteiger partial charge in [0.05, 0.1) is 59.3 Å². The maximum Gasteiger partial charge on any atom is 0.407 e. The van der Waals surface area contributed by atoms with Crippen LogP contribution in [-0.2, 0) is 33.2 Å². The zero-order valence-corrected chi connectivity index (χ0v) is 20.8. The molecule has 0 saturated carbocycles. The molecule has 0 unspecified atom stereocenters. The summed E-state index contributed by atoms with van der Waals surface area (Å²) in [7, 11) is 0. The first-order valence-corrected chi connectivity index (χ1v) is 11.3. The molecule has 0 rings (SSSR count). The lowest BCUT2D eigenvalue weighted by Crippen LogP contribution is -2.37. The SMILES string of the molecule is C#CCOCCOCCN(CCOCCOCC#C)C(=O)CCOCCNC(=O)OC(C)(C)C. The van der Waals surface area contributed by atoms with Gasteiger partial charge in [-0.25, -0.2) is 4.79 Å². The molecule has 2 amide bonds. The van der Waals surface area contributed by atoms with Crippen molar-refractivity contribution in [1.82, 2.24) is 10.2 Å². The predicted octanol–water partition coefficient (Wildman–Crippen LogP) is 1.08. The van der Waals surface area contributed by atoms with E-state index in [0.717, 1.165) is 0 Å². The fraction of sp³-hybridized carbons (Fsp3) is 0.750. The van der Waals surface area contributed by atoms with E-state index in [1.54, 1.807) is 25.7 Å². The molecule has 1 N–H and O–H groups in total. The Kier molecular flexibility index (Phi) is 19.8. The summed E-state index contributed by atoms with van der Waals surface area (Å²) in [5.74, 6) is 4.68. The van der Waals surface area contributed by atoms with Crippen molar-refractivity contribution >= 4 is 12.0 Å². The third-order valence-electron chi connectivity index (χ3n) is 3.85. The molecule has 0 radical (unpaired) electrons. The van der Waals surface area contributed by atoms with Gasteiger partial charge in [-0.1, -0.05) is 11.8 Å². The van der Waals surface area contributed by atoms with Gasteiger partial charge in [-0.2, -0.15) is 0 Å². The van der Waals surface area contributed by atoms with Crippen LogP contribution < -0.4 is 5.32 Å². The second-order valence-corrected chi connectivity index (χ2v) is 7.91. The second kappa shape index (κ2) is 21.2. The summed E-state index contributed by atoms with van der Waals surface area (Å²) in [6.07, 6.45) is 9.92. The van der Waals surface area contributed by atoms with E-state index >= 15 is 0 Å². The Bertz CT molecular complexity index is 594. The van der Waals surface area contributed by atoms with Crippen LogP contribution in [0.25, 0.3) is 0 Å². The van der Waals surface area contributed by atoms with Crippen LogP contribution >= 0.6 is 0 Å². The summed E-state index contributed by atoms with van der Waals surface area (Å²) < 4.78 is 31.9. The molecule has 10 heteroatoms. The summed E-state index contributed by atoms with van der Waals surface area (Å²) in [6, 6.07) is 0. The molecule has 0 aromatic heterocycles. The van der Waals surface area contributed by atoms with Crippen LogP contribution in [0.3, 0.4) is 0 Å². The highest BCUT2D eigenvalue weighted by molar-refractivity contribution is 5.76. The maximum atomic E-state index is 12.6. The zero-order valence-electron chi connectivity index (χ0n) is 20.8. The number of terminal acetylenes is 2. The van der Waals surface area contributed by atoms with Gasteiger partial charge in [0.15, 0.2) is 0 Å². The van der Waals surface area contributed by atoms with Gasteiger partial charge in [0, 0.05) is 19.6 Å². The quantitative estimate of drug-likeness (QED) is 0.202. The van der Waals surface area contributed by atoms with E-state index in [1.165, 1.54) is 0 Å². The largest absolute Gasteiger partial charge is 0.444 e. The molecule has 0 aromatic rings. The van der Waals surface area contributed by atoms with E-state index in [1.807, 2.05) is 0 Å². The van der Waals surface area contributed by atoms with E-state index in [4.69, 9.17) is 41.3 Å². The first-order chi connectivity index (χ1) is 16.3. The predicted molar refractivity (Wildman–Crippen MR) is 127 cm³/mol. The van der Waals surface area contributed by atoms with Crippen LogP contribution in [0, 0.1) is 24.7 Å². The summed E-state index contributed by atoms with van der Waals surface area (Å²) in [4.78, 5) is 25.8. The number of amides is 2. The fourth-order valence-corrected chi connectivity index (χ4v) is 2.37. The van der Waals surface area contributed by atoms with Gasteiger partial charge < -0.3 is 38.6 Å². The highest BCUT2D eigenvalue weighted by Crippen LogP contribution is 2.06. The molecule has 0 aliphatic carbocycles. The molecule has 0 spiro atoms. The first kappa shape index (κ1) is 31.7. The Morgan fingerprint density at radius 2 is 1.26 bits per heavy atom. The minimum atomic E-state index is -0.558. The number of carbonyl (C=O) groups excluding carboxylic acids is 2. The molecular weight excluding hydrogens is 444 g/mol. The van der Waals surface area contributed by atoms with E-state index in [-0.39, 0.29) is 45.3 Å². The Labute approximate surface area is 203 Å². The van der Waals surface area contributed by atoms with E-state index in [9.17, 15) is 9.59 Å². The molecular formula is C24H40N2O8. The van der Waals surface area contributed by atoms with Crippen LogP contribution in [0.4, 0.5) is 4.79 Å². The molecule has 0 atom stereocenters. The number of carbonyl (C=O) groups is 2. The molecule has 0 aromatic carbocycles. The monoisotopic (exact) mass is 484 g/mol. The number of nitrogens with one attached hydrogen (secondary N) is 1. The zero-order chi connectivity index (χ0) is 25.5. The molecule has 0 bridgehead atoms. The van der Waals surface area contributed by atoms with Gasteiger partial charge in [0.1, 0.15) is 18.8 Å². The lowest BCUT2D eigenvalue weighted by Gasteiger charge is -2.23. The standard InChI is InChI=1S/C24H40N2O8/c1-6-12-29-18-20-32-16-10-26(11-17-33-21-19-30-13-7-2)22(27)8-14-31-15-9-25-23(28)34-24(3,4)5/h1-2H,8-21H2,3-5H3,(H,25,28). The number of hydrogen-bond donors (Lipinski definition) is 1. The number of rotatable bonds is 20. The minimum Gasteiger partial charge on any atom is -0.444 e. The lowest BCUT2D eigenvalue weighted by atomic mass is 10.2. The van der Waals surface area contributed by atoms with Crippen LogP contribution in [0.15, 0.2) is 0 Å². The third-order valence-corrected chi connectivity index (χ3v) is 3.85. The van der Waals surface area contributed by atoms with Gasteiger partial charge in [-0.3, -0.25) is 4.79 Å². The topological polar surface area (TPSA) is 105 Å². The molecule has 10 nitrogen and oxygen atoms in total. The molecule has 0 saturated heterocycles. The molecule has 34 heavy (non-hydrogen) atoms. The summed E-state index contributed by atoms with van der Waals surface area (Å²) in [5.41, 5.74) is -0.558. The second-order valence-electron chi connectivity index (χ2n) is 7.91. The van der Waals surface area contributed by atoms with Gasteiger partial charge in [0.2, 0.25) is 5.91 Å². The number of ether oxygens (including phenoxy) is 6. The van der Waals surface area contributed by atoms with E-state index in [0.29, 0.717) is 52.7 Å². The normalized spacial score (nSPS) is 10.9. The minimum absolute atomic E-state index is 0.0838. The van der Waals surface area contributed by atoms with E-state index < -0.39 is 11.7 Å². The van der Waals surface area contributed by atoms with Gasteiger partial charge in [-0.15, -0.1) is 12.8 Å². The van der Waals surface area contributed by atoms with Crippen LogP contribution in [0.2, 0.25) is 0 Å². The third kappa shape index (κ3) is 21.5. The van der Waals surface area contributed by atoms with E-state index in [2.05, 4.69) is 17.2 Å². The highest BCUT2D eigenvalue weighted by atomic mass is 16.6. The van der Waals surface area contributed by atoms with Crippen molar-refractivity contribution in [2.75, 3.05) is 85.7 Å². The smallest absolute Gasteiger partial charge is 0.407 e.